The van der Waals surface area contributed by atoms with Gasteiger partial charge in [-0.05, 0) is 79.0 Å². The number of aromatic hydroxyl groups is 1. The third-order valence-electron chi connectivity index (χ3n) is 4.91. The van der Waals surface area contributed by atoms with E-state index in [0.29, 0.717) is 28.1 Å². The van der Waals surface area contributed by atoms with Crippen molar-refractivity contribution >= 4 is 21.7 Å². The molecule has 0 radical (unpaired) electrons. The van der Waals surface area contributed by atoms with Crippen LogP contribution < -0.4 is 0 Å². The van der Waals surface area contributed by atoms with Gasteiger partial charge in [0.1, 0.15) is 5.75 Å². The number of aryl methyl sites for hydroxylation is 2. The third kappa shape index (κ3) is 3.34. The van der Waals surface area contributed by atoms with Gasteiger partial charge in [-0.15, -0.1) is 0 Å². The molecule has 7 heteroatoms. The molecule has 0 aliphatic heterocycles. The lowest BCUT2D eigenvalue weighted by atomic mass is 9.90. The van der Waals surface area contributed by atoms with E-state index in [0.717, 1.165) is 36.0 Å². The molecule has 0 saturated heterocycles. The van der Waals surface area contributed by atoms with Gasteiger partial charge >= 0.3 is 0 Å². The molecule has 3 N–H and O–H groups in total. The number of aliphatic hydroxyl groups excluding tert-OH is 1. The first-order chi connectivity index (χ1) is 12.3. The maximum absolute atomic E-state index is 11.9. The number of fused-ring (bicyclic) bond motifs is 1. The van der Waals surface area contributed by atoms with E-state index in [4.69, 9.17) is 11.6 Å². The molecule has 0 amide bonds. The van der Waals surface area contributed by atoms with E-state index in [-0.39, 0.29) is 23.7 Å². The summed E-state index contributed by atoms with van der Waals surface area (Å²) in [6.07, 6.45) is 3.08. The molecular formula is C19H21ClO5S. The fourth-order valence-corrected chi connectivity index (χ4v) is 4.83. The topological polar surface area (TPSA) is 94.8 Å². The van der Waals surface area contributed by atoms with Crippen LogP contribution in [0.4, 0.5) is 0 Å². The number of rotatable bonds is 5. The second kappa shape index (κ2) is 7.19. The first-order valence-corrected chi connectivity index (χ1v) is 10.3. The highest BCUT2D eigenvalue weighted by molar-refractivity contribution is 7.85. The van der Waals surface area contributed by atoms with Gasteiger partial charge in [-0.1, -0.05) is 17.7 Å². The van der Waals surface area contributed by atoms with Crippen molar-refractivity contribution < 1.29 is 23.2 Å². The molecule has 2 aromatic rings. The summed E-state index contributed by atoms with van der Waals surface area (Å²) in [5, 5.41) is 20.4. The van der Waals surface area contributed by atoms with Crippen LogP contribution in [0.2, 0.25) is 5.02 Å². The lowest BCUT2D eigenvalue weighted by Gasteiger charge is -2.20. The van der Waals surface area contributed by atoms with Crippen molar-refractivity contribution in [2.45, 2.75) is 43.9 Å². The number of hydrogen-bond acceptors (Lipinski definition) is 4. The van der Waals surface area contributed by atoms with Crippen LogP contribution in [-0.4, -0.2) is 29.8 Å². The molecule has 3 rings (SSSR count). The fourth-order valence-electron chi connectivity index (χ4n) is 3.76. The fraction of sp³-hybridized carbons (Fsp3) is 0.368. The van der Waals surface area contributed by atoms with Crippen LogP contribution in [0.25, 0.3) is 11.1 Å². The SMILES string of the molecule is Cc1ccc(S(=O)(=O)O)c(CCCO)c1-c1c(Cl)cc2c(c1O)CCC2. The smallest absolute Gasteiger partial charge is 0.294 e. The molecule has 0 fully saturated rings. The molecule has 1 aliphatic rings. The Morgan fingerprint density at radius 1 is 1.19 bits per heavy atom. The van der Waals surface area contributed by atoms with Crippen LogP contribution in [0, 0.1) is 6.92 Å². The third-order valence-corrected chi connectivity index (χ3v) is 6.15. The van der Waals surface area contributed by atoms with E-state index in [2.05, 4.69) is 0 Å². The molecular weight excluding hydrogens is 376 g/mol. The van der Waals surface area contributed by atoms with Gasteiger partial charge in [0, 0.05) is 12.2 Å². The second-order valence-corrected chi connectivity index (χ2v) is 8.41. The standard InChI is InChI=1S/C19H21ClO5S/c1-11-7-8-16(26(23,24)25)14(6-3-9-21)17(11)18-15(20)10-12-4-2-5-13(12)19(18)22/h7-8,10,21-22H,2-6,9H2,1H3,(H,23,24,25). The van der Waals surface area contributed by atoms with E-state index in [1.807, 2.05) is 6.07 Å². The molecule has 140 valence electrons. The van der Waals surface area contributed by atoms with Crippen molar-refractivity contribution in [2.24, 2.45) is 0 Å². The number of benzene rings is 2. The first kappa shape index (κ1) is 19.2. The summed E-state index contributed by atoms with van der Waals surface area (Å²) in [6.45, 7) is 1.68. The largest absolute Gasteiger partial charge is 0.507 e. The number of phenols is 1. The Balaban J connectivity index is 2.35. The monoisotopic (exact) mass is 396 g/mol. The minimum Gasteiger partial charge on any atom is -0.507 e. The average molecular weight is 397 g/mol. The van der Waals surface area contributed by atoms with Gasteiger partial charge < -0.3 is 10.2 Å². The summed E-state index contributed by atoms with van der Waals surface area (Å²) in [6, 6.07) is 4.76. The van der Waals surface area contributed by atoms with Crippen LogP contribution in [0.15, 0.2) is 23.1 Å². The van der Waals surface area contributed by atoms with Gasteiger partial charge in [-0.25, -0.2) is 0 Å². The lowest BCUT2D eigenvalue weighted by molar-refractivity contribution is 0.288. The summed E-state index contributed by atoms with van der Waals surface area (Å²) in [5.41, 5.74) is 3.84. The summed E-state index contributed by atoms with van der Waals surface area (Å²) in [4.78, 5) is -0.220. The van der Waals surface area contributed by atoms with Gasteiger partial charge in [-0.2, -0.15) is 8.42 Å². The van der Waals surface area contributed by atoms with Crippen molar-refractivity contribution in [3.8, 4) is 16.9 Å². The van der Waals surface area contributed by atoms with Crippen molar-refractivity contribution in [3.63, 3.8) is 0 Å². The van der Waals surface area contributed by atoms with Crippen LogP contribution in [0.5, 0.6) is 5.75 Å². The average Bonchev–Trinajstić information content (AvgIpc) is 3.02. The molecule has 0 atom stereocenters. The Morgan fingerprint density at radius 2 is 1.92 bits per heavy atom. The predicted molar refractivity (Wildman–Crippen MR) is 101 cm³/mol. The molecule has 26 heavy (non-hydrogen) atoms. The summed E-state index contributed by atoms with van der Waals surface area (Å²) < 4.78 is 33.4. The summed E-state index contributed by atoms with van der Waals surface area (Å²) >= 11 is 6.47. The summed E-state index contributed by atoms with van der Waals surface area (Å²) in [7, 11) is -4.45. The minimum atomic E-state index is -4.45. The zero-order valence-corrected chi connectivity index (χ0v) is 16.0. The molecule has 0 bridgehead atoms. The van der Waals surface area contributed by atoms with Crippen LogP contribution in [0.3, 0.4) is 0 Å². The number of aliphatic hydroxyl groups is 1. The molecule has 1 aliphatic carbocycles. The van der Waals surface area contributed by atoms with Gasteiger partial charge in [0.25, 0.3) is 10.1 Å². The molecule has 0 saturated carbocycles. The van der Waals surface area contributed by atoms with Gasteiger partial charge in [0.15, 0.2) is 0 Å². The van der Waals surface area contributed by atoms with Crippen LogP contribution in [0.1, 0.15) is 35.1 Å². The molecule has 0 aromatic heterocycles. The van der Waals surface area contributed by atoms with Crippen LogP contribution in [-0.2, 0) is 29.4 Å². The van der Waals surface area contributed by atoms with E-state index in [1.54, 1.807) is 13.0 Å². The predicted octanol–water partition coefficient (Wildman–Crippen LogP) is 3.68. The Morgan fingerprint density at radius 3 is 2.58 bits per heavy atom. The normalized spacial score (nSPS) is 13.8. The maximum Gasteiger partial charge on any atom is 0.294 e. The zero-order chi connectivity index (χ0) is 19.1. The molecule has 0 heterocycles. The Kier molecular flexibility index (Phi) is 5.30. The van der Waals surface area contributed by atoms with E-state index in [1.165, 1.54) is 6.07 Å². The quantitative estimate of drug-likeness (QED) is 0.670. The minimum absolute atomic E-state index is 0.0748. The van der Waals surface area contributed by atoms with Gasteiger partial charge in [0.05, 0.1) is 9.92 Å². The molecule has 0 unspecified atom stereocenters. The summed E-state index contributed by atoms with van der Waals surface area (Å²) in [5.74, 6) is 0.0748. The van der Waals surface area contributed by atoms with E-state index in [9.17, 15) is 23.2 Å². The zero-order valence-electron chi connectivity index (χ0n) is 14.4. The molecule has 0 spiro atoms. The van der Waals surface area contributed by atoms with Crippen molar-refractivity contribution in [3.05, 3.63) is 45.5 Å². The van der Waals surface area contributed by atoms with Gasteiger partial charge in [-0.3, -0.25) is 4.55 Å². The van der Waals surface area contributed by atoms with Crippen molar-refractivity contribution in [1.82, 2.24) is 0 Å². The lowest BCUT2D eigenvalue weighted by Crippen LogP contribution is -2.07. The number of hydrogen-bond donors (Lipinski definition) is 3. The Bertz CT molecular complexity index is 967. The molecule has 2 aromatic carbocycles. The maximum atomic E-state index is 11.9. The molecule has 5 nitrogen and oxygen atoms in total. The Labute approximate surface area is 158 Å². The van der Waals surface area contributed by atoms with Gasteiger partial charge in [0.2, 0.25) is 0 Å². The van der Waals surface area contributed by atoms with Crippen molar-refractivity contribution in [1.29, 1.82) is 0 Å². The highest BCUT2D eigenvalue weighted by Crippen LogP contribution is 2.46. The first-order valence-electron chi connectivity index (χ1n) is 8.50. The second-order valence-electron chi connectivity index (χ2n) is 6.61. The highest BCUT2D eigenvalue weighted by Gasteiger charge is 2.27. The highest BCUT2D eigenvalue weighted by atomic mass is 35.5. The Hall–Kier alpha value is -1.60. The number of halogens is 1. The van der Waals surface area contributed by atoms with Crippen molar-refractivity contribution in [2.75, 3.05) is 6.61 Å². The van der Waals surface area contributed by atoms with E-state index >= 15 is 0 Å². The van der Waals surface area contributed by atoms with Crippen LogP contribution >= 0.6 is 11.6 Å². The number of phenolic OH excluding ortho intramolecular Hbond substituents is 1. The van der Waals surface area contributed by atoms with E-state index < -0.39 is 10.1 Å².